The maximum Gasteiger partial charge on any atom is 0.133 e. The summed E-state index contributed by atoms with van der Waals surface area (Å²) in [6, 6.07) is 0. The number of ketones is 1. The first-order valence-electron chi connectivity index (χ1n) is 4.82. The maximum atomic E-state index is 11.3. The van der Waals surface area contributed by atoms with Gasteiger partial charge in [-0.25, -0.2) is 4.98 Å². The molecule has 0 aliphatic heterocycles. The van der Waals surface area contributed by atoms with E-state index in [1.807, 2.05) is 0 Å². The summed E-state index contributed by atoms with van der Waals surface area (Å²) in [7, 11) is 0. The molecule has 3 heteroatoms. The second-order valence-corrected chi connectivity index (χ2v) is 3.22. The third-order valence-electron chi connectivity index (χ3n) is 2.04. The largest absolute Gasteiger partial charge is 0.348 e. The zero-order valence-electron chi connectivity index (χ0n) is 8.05. The van der Waals surface area contributed by atoms with E-state index in [1.54, 1.807) is 12.5 Å². The molecule has 13 heavy (non-hydrogen) atoms. The highest BCUT2D eigenvalue weighted by atomic mass is 16.1. The minimum absolute atomic E-state index is 0.358. The van der Waals surface area contributed by atoms with Crippen LogP contribution >= 0.6 is 0 Å². The van der Waals surface area contributed by atoms with Crippen LogP contribution in [-0.2, 0) is 11.2 Å². The van der Waals surface area contributed by atoms with Gasteiger partial charge in [0.1, 0.15) is 5.78 Å². The first-order chi connectivity index (χ1) is 6.33. The topological polar surface area (TPSA) is 45.8 Å². The number of aromatic amines is 1. The molecule has 1 aromatic heterocycles. The van der Waals surface area contributed by atoms with Gasteiger partial charge in [0.05, 0.1) is 6.33 Å². The highest BCUT2D eigenvalue weighted by Gasteiger charge is 2.02. The highest BCUT2D eigenvalue weighted by molar-refractivity contribution is 5.78. The predicted molar refractivity (Wildman–Crippen MR) is 51.4 cm³/mol. The number of hydrogen-bond donors (Lipinski definition) is 1. The quantitative estimate of drug-likeness (QED) is 0.728. The zero-order valence-corrected chi connectivity index (χ0v) is 8.05. The molecule has 0 radical (unpaired) electrons. The van der Waals surface area contributed by atoms with Crippen molar-refractivity contribution in [3.63, 3.8) is 0 Å². The third-order valence-corrected chi connectivity index (χ3v) is 2.04. The van der Waals surface area contributed by atoms with Gasteiger partial charge < -0.3 is 4.98 Å². The number of carbonyl (C=O) groups excluding carboxylic acids is 1. The number of aromatic nitrogens is 2. The van der Waals surface area contributed by atoms with Gasteiger partial charge in [0.25, 0.3) is 0 Å². The summed E-state index contributed by atoms with van der Waals surface area (Å²) >= 11 is 0. The van der Waals surface area contributed by atoms with Crippen molar-refractivity contribution in [1.29, 1.82) is 0 Å². The average molecular weight is 180 g/mol. The third kappa shape index (κ3) is 3.87. The van der Waals surface area contributed by atoms with E-state index in [1.165, 1.54) is 0 Å². The van der Waals surface area contributed by atoms with Crippen molar-refractivity contribution < 1.29 is 4.79 Å². The molecule has 3 nitrogen and oxygen atoms in total. The number of imidazole rings is 1. The molecule has 0 aliphatic carbocycles. The molecule has 0 bridgehead atoms. The zero-order chi connectivity index (χ0) is 9.52. The number of Topliss-reactive ketones (excluding diaryl/α,β-unsaturated/α-hetero) is 1. The normalized spacial score (nSPS) is 10.2. The molecule has 0 aromatic carbocycles. The van der Waals surface area contributed by atoms with Crippen molar-refractivity contribution in [1.82, 2.24) is 9.97 Å². The van der Waals surface area contributed by atoms with Crippen molar-refractivity contribution in [2.75, 3.05) is 0 Å². The molecule has 0 aliphatic rings. The van der Waals surface area contributed by atoms with Gasteiger partial charge in [-0.1, -0.05) is 13.3 Å². The molecule has 1 heterocycles. The fraction of sp³-hybridized carbons (Fsp3) is 0.600. The number of nitrogens with one attached hydrogen (secondary N) is 1. The molecule has 1 rings (SSSR count). The number of rotatable bonds is 6. The van der Waals surface area contributed by atoms with Gasteiger partial charge in [-0.3, -0.25) is 4.79 Å². The Bertz CT molecular complexity index is 241. The summed E-state index contributed by atoms with van der Waals surface area (Å²) in [6.07, 6.45) is 7.69. The van der Waals surface area contributed by atoms with Gasteiger partial charge in [-0.15, -0.1) is 0 Å². The van der Waals surface area contributed by atoms with Gasteiger partial charge in [-0.2, -0.15) is 0 Å². The lowest BCUT2D eigenvalue weighted by molar-refractivity contribution is -0.119. The van der Waals surface area contributed by atoms with E-state index in [4.69, 9.17) is 0 Å². The van der Waals surface area contributed by atoms with Crippen molar-refractivity contribution in [2.24, 2.45) is 0 Å². The Balaban J connectivity index is 2.15. The molecule has 0 unspecified atom stereocenters. The molecule has 0 atom stereocenters. The lowest BCUT2D eigenvalue weighted by atomic mass is 10.1. The summed E-state index contributed by atoms with van der Waals surface area (Å²) < 4.78 is 0. The Kier molecular flexibility index (Phi) is 4.23. The molecule has 0 amide bonds. The number of unbranched alkanes of at least 4 members (excludes halogenated alkanes) is 1. The van der Waals surface area contributed by atoms with E-state index in [0.717, 1.165) is 31.4 Å². The van der Waals surface area contributed by atoms with Crippen molar-refractivity contribution in [2.45, 2.75) is 39.0 Å². The van der Waals surface area contributed by atoms with Crippen LogP contribution in [0, 0.1) is 0 Å². The van der Waals surface area contributed by atoms with Gasteiger partial charge in [0, 0.05) is 24.7 Å². The Morgan fingerprint density at radius 2 is 2.38 bits per heavy atom. The van der Waals surface area contributed by atoms with E-state index in [9.17, 15) is 4.79 Å². The predicted octanol–water partition coefficient (Wildman–Crippen LogP) is 2.10. The fourth-order valence-corrected chi connectivity index (χ4v) is 1.19. The van der Waals surface area contributed by atoms with Gasteiger partial charge in [-0.05, 0) is 12.8 Å². The van der Waals surface area contributed by atoms with E-state index in [0.29, 0.717) is 12.2 Å². The van der Waals surface area contributed by atoms with Crippen LogP contribution < -0.4 is 0 Å². The second kappa shape index (κ2) is 5.51. The molecule has 0 spiro atoms. The number of H-pyrrole nitrogens is 1. The fourth-order valence-electron chi connectivity index (χ4n) is 1.19. The van der Waals surface area contributed by atoms with E-state index < -0.39 is 0 Å². The minimum atomic E-state index is 0.358. The van der Waals surface area contributed by atoms with Gasteiger partial charge in [0.2, 0.25) is 0 Å². The summed E-state index contributed by atoms with van der Waals surface area (Å²) in [5, 5.41) is 0. The van der Waals surface area contributed by atoms with Crippen molar-refractivity contribution in [3.05, 3.63) is 18.2 Å². The molecule has 0 fully saturated rings. The summed E-state index contributed by atoms with van der Waals surface area (Å²) in [5.41, 5.74) is 1.05. The summed E-state index contributed by atoms with van der Waals surface area (Å²) in [6.45, 7) is 2.10. The summed E-state index contributed by atoms with van der Waals surface area (Å²) in [4.78, 5) is 18.1. The average Bonchev–Trinajstić information content (AvgIpc) is 2.64. The Morgan fingerprint density at radius 3 is 3.00 bits per heavy atom. The van der Waals surface area contributed by atoms with Crippen LogP contribution in [0.25, 0.3) is 0 Å². The van der Waals surface area contributed by atoms with E-state index in [-0.39, 0.29) is 0 Å². The molecule has 0 saturated heterocycles. The maximum absolute atomic E-state index is 11.3. The first kappa shape index (κ1) is 9.96. The standard InChI is InChI=1S/C10H16N2O/c1-2-3-4-10(13)6-5-9-7-11-8-12-9/h7-8H,2-6H2,1H3,(H,11,12). The van der Waals surface area contributed by atoms with Crippen molar-refractivity contribution >= 4 is 5.78 Å². The molecule has 72 valence electrons. The number of nitrogens with zero attached hydrogens (tertiary/aromatic N) is 1. The summed E-state index contributed by atoms with van der Waals surface area (Å²) in [5.74, 6) is 0.358. The molecule has 1 aromatic rings. The molecule has 1 N–H and O–H groups in total. The Labute approximate surface area is 78.6 Å². The lowest BCUT2D eigenvalue weighted by Gasteiger charge is -1.97. The Hall–Kier alpha value is -1.12. The van der Waals surface area contributed by atoms with Crippen LogP contribution in [-0.4, -0.2) is 15.8 Å². The van der Waals surface area contributed by atoms with Crippen LogP contribution in [0.4, 0.5) is 0 Å². The lowest BCUT2D eigenvalue weighted by Crippen LogP contribution is -1.99. The number of aryl methyl sites for hydroxylation is 1. The first-order valence-corrected chi connectivity index (χ1v) is 4.82. The van der Waals surface area contributed by atoms with Crippen molar-refractivity contribution in [3.8, 4) is 0 Å². The van der Waals surface area contributed by atoms with Crippen LogP contribution in [0.3, 0.4) is 0 Å². The highest BCUT2D eigenvalue weighted by Crippen LogP contribution is 2.02. The Morgan fingerprint density at radius 1 is 1.54 bits per heavy atom. The minimum Gasteiger partial charge on any atom is -0.348 e. The van der Waals surface area contributed by atoms with Crippen LogP contribution in [0.1, 0.15) is 38.3 Å². The second-order valence-electron chi connectivity index (χ2n) is 3.22. The SMILES string of the molecule is CCCCC(=O)CCc1cnc[nH]1. The van der Waals surface area contributed by atoms with Gasteiger partial charge >= 0.3 is 0 Å². The van der Waals surface area contributed by atoms with Gasteiger partial charge in [0.15, 0.2) is 0 Å². The monoisotopic (exact) mass is 180 g/mol. The molecule has 0 saturated carbocycles. The number of carbonyl (C=O) groups is 1. The van der Waals surface area contributed by atoms with Crippen LogP contribution in [0.2, 0.25) is 0 Å². The van der Waals surface area contributed by atoms with E-state index in [2.05, 4.69) is 16.9 Å². The van der Waals surface area contributed by atoms with Crippen LogP contribution in [0.5, 0.6) is 0 Å². The van der Waals surface area contributed by atoms with E-state index >= 15 is 0 Å². The van der Waals surface area contributed by atoms with Crippen LogP contribution in [0.15, 0.2) is 12.5 Å². The molecular formula is C10H16N2O. The number of hydrogen-bond acceptors (Lipinski definition) is 2. The smallest absolute Gasteiger partial charge is 0.133 e. The molecular weight excluding hydrogens is 164 g/mol.